The number of hydrogen-bond donors (Lipinski definition) is 2. The van der Waals surface area contributed by atoms with E-state index < -0.39 is 0 Å². The lowest BCUT2D eigenvalue weighted by Crippen LogP contribution is -2.41. The fourth-order valence-electron chi connectivity index (χ4n) is 3.08. The predicted octanol–water partition coefficient (Wildman–Crippen LogP) is 3.02. The van der Waals surface area contributed by atoms with Crippen LogP contribution in [0.25, 0.3) is 0 Å². The van der Waals surface area contributed by atoms with Crippen molar-refractivity contribution in [3.8, 4) is 0 Å². The average Bonchev–Trinajstić information content (AvgIpc) is 3.18. The van der Waals surface area contributed by atoms with E-state index in [9.17, 15) is 5.11 Å². The molecule has 0 bridgehead atoms. The normalized spacial score (nSPS) is 22.7. The fourth-order valence-corrected chi connectivity index (χ4v) is 3.20. The molecule has 0 amide bonds. The third kappa shape index (κ3) is 4.51. The van der Waals surface area contributed by atoms with Crippen LogP contribution in [0.2, 0.25) is 5.02 Å². The van der Waals surface area contributed by atoms with Gasteiger partial charge in [-0.15, -0.1) is 24.0 Å². The van der Waals surface area contributed by atoms with Crippen LogP contribution in [0.5, 0.6) is 0 Å². The molecule has 0 unspecified atom stereocenters. The van der Waals surface area contributed by atoms with E-state index in [-0.39, 0.29) is 35.5 Å². The largest absolute Gasteiger partial charge is 0.391 e. The number of aliphatic imine (C=N–C) groups is 1. The molecular formula is C17H25ClIN3O. The molecular weight excluding hydrogens is 425 g/mol. The maximum atomic E-state index is 9.72. The van der Waals surface area contributed by atoms with Crippen molar-refractivity contribution in [1.29, 1.82) is 0 Å². The van der Waals surface area contributed by atoms with Crippen LogP contribution in [0.4, 0.5) is 0 Å². The number of halogens is 2. The number of rotatable bonds is 4. The Morgan fingerprint density at radius 1 is 1.39 bits per heavy atom. The molecule has 2 N–H and O–H groups in total. The smallest absolute Gasteiger partial charge is 0.194 e. The van der Waals surface area contributed by atoms with Gasteiger partial charge in [-0.05, 0) is 43.9 Å². The summed E-state index contributed by atoms with van der Waals surface area (Å²) in [5, 5.41) is 13.9. The summed E-state index contributed by atoms with van der Waals surface area (Å²) in [5.74, 6) is 0.930. The molecule has 0 spiro atoms. The molecule has 1 aliphatic heterocycles. The summed E-state index contributed by atoms with van der Waals surface area (Å²) < 4.78 is 0. The van der Waals surface area contributed by atoms with Crippen LogP contribution in [0.15, 0.2) is 29.3 Å². The molecule has 128 valence electrons. The number of nitrogens with zero attached hydrogens (tertiary/aromatic N) is 2. The molecule has 2 fully saturated rings. The van der Waals surface area contributed by atoms with Gasteiger partial charge in [0.05, 0.1) is 12.6 Å². The number of aliphatic hydroxyl groups is 1. The van der Waals surface area contributed by atoms with Crippen molar-refractivity contribution in [3.63, 3.8) is 0 Å². The lowest BCUT2D eigenvalue weighted by molar-refractivity contribution is 0.188. The number of β-amino-alcohol motifs (C(OH)–C–C–N with tert-alkyl or cyclic N) is 1. The first-order valence-electron chi connectivity index (χ1n) is 8.10. The van der Waals surface area contributed by atoms with Crippen LogP contribution >= 0.6 is 35.6 Å². The summed E-state index contributed by atoms with van der Waals surface area (Å²) in [5.41, 5.74) is 1.52. The minimum absolute atomic E-state index is 0. The van der Waals surface area contributed by atoms with Gasteiger partial charge in [0, 0.05) is 30.1 Å². The summed E-state index contributed by atoms with van der Waals surface area (Å²) in [4.78, 5) is 7.01. The van der Waals surface area contributed by atoms with Gasteiger partial charge < -0.3 is 15.3 Å². The first kappa shape index (κ1) is 18.8. The Balaban J connectivity index is 0.00000192. The van der Waals surface area contributed by atoms with E-state index in [1.54, 1.807) is 0 Å². The van der Waals surface area contributed by atoms with Crippen molar-refractivity contribution < 1.29 is 5.11 Å². The molecule has 6 heteroatoms. The Morgan fingerprint density at radius 3 is 2.61 bits per heavy atom. The minimum Gasteiger partial charge on any atom is -0.391 e. The lowest BCUT2D eigenvalue weighted by atomic mass is 9.96. The molecule has 23 heavy (non-hydrogen) atoms. The third-order valence-electron chi connectivity index (χ3n) is 4.64. The number of hydrogen-bond acceptors (Lipinski definition) is 2. The topological polar surface area (TPSA) is 47.9 Å². The quantitative estimate of drug-likeness (QED) is 0.422. The Bertz CT molecular complexity index is 545. The number of guanidine groups is 1. The predicted molar refractivity (Wildman–Crippen MR) is 106 cm³/mol. The van der Waals surface area contributed by atoms with Crippen LogP contribution in [0.3, 0.4) is 0 Å². The van der Waals surface area contributed by atoms with Crippen molar-refractivity contribution in [2.45, 2.75) is 37.7 Å². The lowest BCUT2D eigenvalue weighted by Gasteiger charge is -2.22. The highest BCUT2D eigenvalue weighted by atomic mass is 127. The molecule has 1 heterocycles. The van der Waals surface area contributed by atoms with Gasteiger partial charge in [-0.2, -0.15) is 0 Å². The molecule has 4 nitrogen and oxygen atoms in total. The van der Waals surface area contributed by atoms with Crippen LogP contribution in [0.1, 0.15) is 31.7 Å². The molecule has 0 aromatic heterocycles. The maximum Gasteiger partial charge on any atom is 0.194 e. The molecule has 1 atom stereocenters. The molecule has 1 aliphatic carbocycles. The second-order valence-corrected chi connectivity index (χ2v) is 6.78. The molecule has 1 aromatic rings. The zero-order valence-electron chi connectivity index (χ0n) is 13.5. The van der Waals surface area contributed by atoms with Gasteiger partial charge in [-0.25, -0.2) is 0 Å². The first-order chi connectivity index (χ1) is 10.6. The van der Waals surface area contributed by atoms with E-state index >= 15 is 0 Å². The number of nitrogens with one attached hydrogen (secondary N) is 1. The van der Waals surface area contributed by atoms with Gasteiger partial charge >= 0.3 is 0 Å². The summed E-state index contributed by atoms with van der Waals surface area (Å²) in [6, 6.07) is 8.17. The van der Waals surface area contributed by atoms with Crippen LogP contribution < -0.4 is 5.32 Å². The molecule has 0 radical (unpaired) electrons. The summed E-state index contributed by atoms with van der Waals surface area (Å²) >= 11 is 5.98. The Morgan fingerprint density at radius 2 is 2.09 bits per heavy atom. The number of benzene rings is 1. The zero-order valence-corrected chi connectivity index (χ0v) is 16.6. The van der Waals surface area contributed by atoms with Gasteiger partial charge in [-0.1, -0.05) is 23.7 Å². The standard InChI is InChI=1S/C17H24ClN3O.HI/c1-2-19-16(21-10-7-15(22)11-21)20-12-17(8-9-17)13-3-5-14(18)6-4-13;/h3-6,15,22H,2,7-12H2,1H3,(H,19,20);1H/t15-;/m1./s1. The number of aliphatic hydroxyl groups excluding tert-OH is 1. The van der Waals surface area contributed by atoms with E-state index in [1.807, 2.05) is 12.1 Å². The van der Waals surface area contributed by atoms with Crippen LogP contribution in [-0.2, 0) is 5.41 Å². The minimum atomic E-state index is -0.227. The highest BCUT2D eigenvalue weighted by Gasteiger charge is 2.44. The second-order valence-electron chi connectivity index (χ2n) is 6.35. The van der Waals surface area contributed by atoms with Crippen LogP contribution in [-0.4, -0.2) is 48.2 Å². The maximum absolute atomic E-state index is 9.72. The van der Waals surface area contributed by atoms with Crippen LogP contribution in [0, 0.1) is 0 Å². The van der Waals surface area contributed by atoms with Gasteiger partial charge in [0.2, 0.25) is 0 Å². The van der Waals surface area contributed by atoms with Crippen molar-refractivity contribution in [1.82, 2.24) is 10.2 Å². The Kier molecular flexibility index (Phi) is 6.57. The molecule has 3 rings (SSSR count). The van der Waals surface area contributed by atoms with Crippen molar-refractivity contribution >= 4 is 41.5 Å². The SMILES string of the molecule is CCNC(=NCC1(c2ccc(Cl)cc2)CC1)N1CC[C@@H](O)C1.I. The van der Waals surface area contributed by atoms with E-state index in [0.29, 0.717) is 6.54 Å². The molecule has 2 aliphatic rings. The Hall–Kier alpha value is -0.530. The number of likely N-dealkylation sites (tertiary alicyclic amines) is 1. The first-order valence-corrected chi connectivity index (χ1v) is 8.48. The molecule has 1 aromatic carbocycles. The average molecular weight is 450 g/mol. The van der Waals surface area contributed by atoms with E-state index in [2.05, 4.69) is 29.3 Å². The van der Waals surface area contributed by atoms with Gasteiger partial charge in [0.25, 0.3) is 0 Å². The third-order valence-corrected chi connectivity index (χ3v) is 4.89. The zero-order chi connectivity index (χ0) is 15.6. The van der Waals surface area contributed by atoms with Gasteiger partial charge in [0.1, 0.15) is 0 Å². The van der Waals surface area contributed by atoms with E-state index in [0.717, 1.165) is 37.0 Å². The molecule has 1 saturated carbocycles. The van der Waals surface area contributed by atoms with Crippen molar-refractivity contribution in [3.05, 3.63) is 34.9 Å². The van der Waals surface area contributed by atoms with Gasteiger partial charge in [-0.3, -0.25) is 4.99 Å². The van der Waals surface area contributed by atoms with Crippen molar-refractivity contribution in [2.24, 2.45) is 4.99 Å². The highest BCUT2D eigenvalue weighted by molar-refractivity contribution is 14.0. The van der Waals surface area contributed by atoms with E-state index in [4.69, 9.17) is 16.6 Å². The van der Waals surface area contributed by atoms with Crippen molar-refractivity contribution in [2.75, 3.05) is 26.2 Å². The van der Waals surface area contributed by atoms with Gasteiger partial charge in [0.15, 0.2) is 5.96 Å². The van der Waals surface area contributed by atoms with E-state index in [1.165, 1.54) is 18.4 Å². The second kappa shape index (κ2) is 8.03. The fraction of sp³-hybridized carbons (Fsp3) is 0.588. The summed E-state index contributed by atoms with van der Waals surface area (Å²) in [7, 11) is 0. The monoisotopic (exact) mass is 449 g/mol. The Labute approximate surface area is 160 Å². The highest BCUT2D eigenvalue weighted by Crippen LogP contribution is 2.48. The summed E-state index contributed by atoms with van der Waals surface area (Å²) in [6.07, 6.45) is 2.96. The molecule has 1 saturated heterocycles. The summed E-state index contributed by atoms with van der Waals surface area (Å²) in [6.45, 7) is 5.28.